The summed E-state index contributed by atoms with van der Waals surface area (Å²) in [5.74, 6) is -0.840. The summed E-state index contributed by atoms with van der Waals surface area (Å²) in [7, 11) is 0. The van der Waals surface area contributed by atoms with Gasteiger partial charge in [0.05, 0.1) is 11.6 Å². The lowest BCUT2D eigenvalue weighted by atomic mass is 10.1. The number of carbonyl (C=O) groups excluding carboxylic acids is 2. The number of thiocarbonyl (C=S) groups is 1. The van der Waals surface area contributed by atoms with Gasteiger partial charge in [-0.25, -0.2) is 4.39 Å². The maximum Gasteiger partial charge on any atom is 0.265 e. The molecule has 2 aromatic carbocycles. The predicted octanol–water partition coefficient (Wildman–Crippen LogP) is 4.27. The van der Waals surface area contributed by atoms with Crippen LogP contribution in [0.15, 0.2) is 54.6 Å². The zero-order valence-electron chi connectivity index (χ0n) is 17.2. The van der Waals surface area contributed by atoms with E-state index in [4.69, 9.17) is 33.3 Å². The SMILES string of the molecule is C=CCN1C(=O)/C(=C/c2cc(Cl)c(OCc3ccc(F)cc3)c(OCC)c2)C(=O)NC1=S. The van der Waals surface area contributed by atoms with E-state index < -0.39 is 11.8 Å². The third kappa shape index (κ3) is 5.33. The van der Waals surface area contributed by atoms with Gasteiger partial charge in [-0.05, 0) is 60.6 Å². The van der Waals surface area contributed by atoms with Crippen LogP contribution in [-0.2, 0) is 16.2 Å². The molecule has 0 radical (unpaired) electrons. The molecule has 1 aliphatic rings. The van der Waals surface area contributed by atoms with Crippen molar-refractivity contribution in [1.82, 2.24) is 10.2 Å². The van der Waals surface area contributed by atoms with Crippen molar-refractivity contribution in [3.05, 3.63) is 76.6 Å². The molecule has 1 saturated heterocycles. The Morgan fingerprint density at radius 1 is 1.22 bits per heavy atom. The van der Waals surface area contributed by atoms with Crippen LogP contribution in [0.5, 0.6) is 11.5 Å². The average Bonchev–Trinajstić information content (AvgIpc) is 2.75. The van der Waals surface area contributed by atoms with Crippen molar-refractivity contribution in [2.45, 2.75) is 13.5 Å². The van der Waals surface area contributed by atoms with Crippen LogP contribution < -0.4 is 14.8 Å². The molecule has 1 heterocycles. The molecular weight excluding hydrogens is 455 g/mol. The van der Waals surface area contributed by atoms with E-state index >= 15 is 0 Å². The van der Waals surface area contributed by atoms with E-state index in [0.29, 0.717) is 23.7 Å². The fourth-order valence-corrected chi connectivity index (χ4v) is 3.49. The van der Waals surface area contributed by atoms with Crippen LogP contribution in [0, 0.1) is 5.82 Å². The van der Waals surface area contributed by atoms with Gasteiger partial charge in [0.1, 0.15) is 18.0 Å². The molecule has 1 aliphatic heterocycles. The molecule has 0 spiro atoms. The van der Waals surface area contributed by atoms with E-state index in [2.05, 4.69) is 11.9 Å². The minimum Gasteiger partial charge on any atom is -0.490 e. The Morgan fingerprint density at radius 2 is 1.94 bits per heavy atom. The largest absolute Gasteiger partial charge is 0.490 e. The minimum atomic E-state index is -0.606. The highest BCUT2D eigenvalue weighted by Gasteiger charge is 2.32. The number of hydrogen-bond acceptors (Lipinski definition) is 5. The van der Waals surface area contributed by atoms with Crippen LogP contribution in [0.25, 0.3) is 6.08 Å². The maximum atomic E-state index is 13.1. The van der Waals surface area contributed by atoms with Gasteiger partial charge >= 0.3 is 0 Å². The Kier molecular flexibility index (Phi) is 7.61. The summed E-state index contributed by atoms with van der Waals surface area (Å²) in [4.78, 5) is 26.3. The molecule has 32 heavy (non-hydrogen) atoms. The second-order valence-corrected chi connectivity index (χ2v) is 7.49. The van der Waals surface area contributed by atoms with Crippen LogP contribution in [0.3, 0.4) is 0 Å². The maximum absolute atomic E-state index is 13.1. The van der Waals surface area contributed by atoms with Crippen molar-refractivity contribution in [1.29, 1.82) is 0 Å². The van der Waals surface area contributed by atoms with Gasteiger partial charge in [0, 0.05) is 6.54 Å². The quantitative estimate of drug-likeness (QED) is 0.268. The first kappa shape index (κ1) is 23.4. The molecule has 0 bridgehead atoms. The van der Waals surface area contributed by atoms with Crippen LogP contribution in [0.4, 0.5) is 4.39 Å². The number of ether oxygens (including phenoxy) is 2. The number of halogens is 2. The molecule has 1 fully saturated rings. The van der Waals surface area contributed by atoms with E-state index in [1.165, 1.54) is 29.2 Å². The molecule has 9 heteroatoms. The van der Waals surface area contributed by atoms with Gasteiger partial charge in [-0.1, -0.05) is 29.8 Å². The molecular formula is C23H20ClFN2O4S. The fraction of sp³-hybridized carbons (Fsp3) is 0.174. The van der Waals surface area contributed by atoms with Crippen LogP contribution in [-0.4, -0.2) is 35.0 Å². The number of carbonyl (C=O) groups is 2. The normalized spacial score (nSPS) is 15.0. The summed E-state index contributed by atoms with van der Waals surface area (Å²) in [5.41, 5.74) is 1.12. The lowest BCUT2D eigenvalue weighted by Gasteiger charge is -2.27. The minimum absolute atomic E-state index is 0.0228. The van der Waals surface area contributed by atoms with Gasteiger partial charge < -0.3 is 9.47 Å². The molecule has 0 unspecified atom stereocenters. The first-order valence-electron chi connectivity index (χ1n) is 9.67. The smallest absolute Gasteiger partial charge is 0.265 e. The number of rotatable bonds is 8. The van der Waals surface area contributed by atoms with E-state index in [-0.39, 0.29) is 34.7 Å². The summed E-state index contributed by atoms with van der Waals surface area (Å²) in [5, 5.41) is 2.74. The van der Waals surface area contributed by atoms with Crippen LogP contribution in [0.1, 0.15) is 18.1 Å². The first-order chi connectivity index (χ1) is 15.3. The number of benzene rings is 2. The van der Waals surface area contributed by atoms with Gasteiger partial charge in [-0.2, -0.15) is 0 Å². The number of nitrogens with one attached hydrogen (secondary N) is 1. The second-order valence-electron chi connectivity index (χ2n) is 6.70. The number of amides is 2. The molecule has 2 aromatic rings. The van der Waals surface area contributed by atoms with E-state index in [1.54, 1.807) is 31.2 Å². The monoisotopic (exact) mass is 474 g/mol. The van der Waals surface area contributed by atoms with E-state index in [0.717, 1.165) is 5.56 Å². The van der Waals surface area contributed by atoms with Crippen molar-refractivity contribution in [2.75, 3.05) is 13.2 Å². The van der Waals surface area contributed by atoms with Gasteiger partial charge in [0.15, 0.2) is 16.6 Å². The highest BCUT2D eigenvalue weighted by atomic mass is 35.5. The summed E-state index contributed by atoms with van der Waals surface area (Å²) in [6.07, 6.45) is 2.92. The van der Waals surface area contributed by atoms with Crippen molar-refractivity contribution >= 4 is 46.8 Å². The molecule has 0 aliphatic carbocycles. The number of nitrogens with zero attached hydrogens (tertiary/aromatic N) is 1. The van der Waals surface area contributed by atoms with Crippen molar-refractivity contribution in [2.24, 2.45) is 0 Å². The lowest BCUT2D eigenvalue weighted by Crippen LogP contribution is -2.53. The molecule has 0 atom stereocenters. The molecule has 166 valence electrons. The van der Waals surface area contributed by atoms with Crippen LogP contribution >= 0.6 is 23.8 Å². The zero-order chi connectivity index (χ0) is 23.3. The Bertz CT molecular complexity index is 1100. The second kappa shape index (κ2) is 10.4. The Morgan fingerprint density at radius 3 is 2.59 bits per heavy atom. The topological polar surface area (TPSA) is 67.9 Å². The molecule has 3 rings (SSSR count). The zero-order valence-corrected chi connectivity index (χ0v) is 18.8. The van der Waals surface area contributed by atoms with Crippen LogP contribution in [0.2, 0.25) is 5.02 Å². The molecule has 0 saturated carbocycles. The fourth-order valence-electron chi connectivity index (χ4n) is 2.97. The molecule has 6 nitrogen and oxygen atoms in total. The van der Waals surface area contributed by atoms with E-state index in [9.17, 15) is 14.0 Å². The molecule has 2 amide bonds. The van der Waals surface area contributed by atoms with Gasteiger partial charge in [0.2, 0.25) is 0 Å². The Hall–Kier alpha value is -3.23. The standard InChI is InChI=1S/C23H20ClFN2O4S/c1-3-9-27-22(29)17(21(28)26-23(27)32)10-15-11-18(24)20(19(12-15)30-4-2)31-13-14-5-7-16(25)8-6-14/h3,5-8,10-12H,1,4,9,13H2,2H3,(H,26,28,32)/b17-10+. The predicted molar refractivity (Wildman–Crippen MR) is 124 cm³/mol. The molecule has 1 N–H and O–H groups in total. The summed E-state index contributed by atoms with van der Waals surface area (Å²) < 4.78 is 24.6. The summed E-state index contributed by atoms with van der Waals surface area (Å²) in [6, 6.07) is 9.07. The summed E-state index contributed by atoms with van der Waals surface area (Å²) in [6.45, 7) is 6.05. The molecule has 0 aromatic heterocycles. The van der Waals surface area contributed by atoms with E-state index in [1.807, 2.05) is 0 Å². The highest BCUT2D eigenvalue weighted by Crippen LogP contribution is 2.38. The highest BCUT2D eigenvalue weighted by molar-refractivity contribution is 7.80. The van der Waals surface area contributed by atoms with Crippen molar-refractivity contribution in [3.8, 4) is 11.5 Å². The van der Waals surface area contributed by atoms with Gasteiger partial charge in [-0.15, -0.1) is 6.58 Å². The Labute approximate surface area is 195 Å². The van der Waals surface area contributed by atoms with Crippen molar-refractivity contribution in [3.63, 3.8) is 0 Å². The van der Waals surface area contributed by atoms with Gasteiger partial charge in [-0.3, -0.25) is 19.8 Å². The average molecular weight is 475 g/mol. The van der Waals surface area contributed by atoms with Gasteiger partial charge in [0.25, 0.3) is 11.8 Å². The number of hydrogen-bond donors (Lipinski definition) is 1. The van der Waals surface area contributed by atoms with Crippen molar-refractivity contribution < 1.29 is 23.5 Å². The third-order valence-electron chi connectivity index (χ3n) is 4.44. The lowest BCUT2D eigenvalue weighted by molar-refractivity contribution is -0.128. The third-order valence-corrected chi connectivity index (χ3v) is 5.04. The summed E-state index contributed by atoms with van der Waals surface area (Å²) >= 11 is 11.5. The Balaban J connectivity index is 1.91. The first-order valence-corrected chi connectivity index (χ1v) is 10.5.